The molecule has 0 aliphatic carbocycles. The summed E-state index contributed by atoms with van der Waals surface area (Å²) < 4.78 is 5.27. The highest BCUT2D eigenvalue weighted by atomic mass is 32.2. The Morgan fingerprint density at radius 3 is 2.81 bits per heavy atom. The molecular formula is C20H22N2O3S. The highest BCUT2D eigenvalue weighted by Gasteiger charge is 2.25. The molecule has 0 spiro atoms. The Morgan fingerprint density at radius 1 is 1.19 bits per heavy atom. The van der Waals surface area contributed by atoms with E-state index in [4.69, 9.17) is 4.74 Å². The predicted octanol–water partition coefficient (Wildman–Crippen LogP) is 3.58. The Bertz CT molecular complexity index is 822. The quantitative estimate of drug-likeness (QED) is 0.790. The summed E-state index contributed by atoms with van der Waals surface area (Å²) in [6.07, 6.45) is 0.772. The van der Waals surface area contributed by atoms with E-state index >= 15 is 0 Å². The fourth-order valence-corrected chi connectivity index (χ4v) is 3.86. The van der Waals surface area contributed by atoms with Gasteiger partial charge in [0, 0.05) is 42.2 Å². The molecule has 0 bridgehead atoms. The number of carbonyl (C=O) groups excluding carboxylic acids is 2. The van der Waals surface area contributed by atoms with Gasteiger partial charge in [0.2, 0.25) is 0 Å². The monoisotopic (exact) mass is 370 g/mol. The molecule has 6 heteroatoms. The first-order valence-corrected chi connectivity index (χ1v) is 9.48. The molecule has 1 aliphatic heterocycles. The van der Waals surface area contributed by atoms with Gasteiger partial charge in [0.15, 0.2) is 0 Å². The number of carbonyl (C=O) groups is 2. The first kappa shape index (κ1) is 18.5. The van der Waals surface area contributed by atoms with Gasteiger partial charge in [0.25, 0.3) is 11.8 Å². The van der Waals surface area contributed by atoms with E-state index in [2.05, 4.69) is 5.32 Å². The summed E-state index contributed by atoms with van der Waals surface area (Å²) in [5.41, 5.74) is 1.97. The fourth-order valence-electron chi connectivity index (χ4n) is 2.77. The van der Waals surface area contributed by atoms with Crippen LogP contribution in [0.3, 0.4) is 0 Å². The Kier molecular flexibility index (Phi) is 5.96. The lowest BCUT2D eigenvalue weighted by Crippen LogP contribution is -2.28. The molecule has 1 heterocycles. The zero-order valence-electron chi connectivity index (χ0n) is 15.0. The molecule has 0 saturated carbocycles. The molecule has 0 aromatic heterocycles. The van der Waals surface area contributed by atoms with Crippen LogP contribution in [-0.4, -0.2) is 38.6 Å². The standard InChI is InChI=1S/C20H22N2O3S/c1-3-25-12-6-11-21-19(23)14-9-10-18-16(13-14)22(2)20(24)15-7-4-5-8-17(15)26-18/h4-5,7-10,13H,3,6,11-12H2,1-2H3,(H,21,23). The maximum Gasteiger partial charge on any atom is 0.259 e. The molecule has 0 atom stereocenters. The van der Waals surface area contributed by atoms with Crippen LogP contribution in [0.1, 0.15) is 34.1 Å². The van der Waals surface area contributed by atoms with E-state index in [1.165, 1.54) is 0 Å². The predicted molar refractivity (Wildman–Crippen MR) is 103 cm³/mol. The van der Waals surface area contributed by atoms with Gasteiger partial charge in [0.1, 0.15) is 0 Å². The average molecular weight is 370 g/mol. The van der Waals surface area contributed by atoms with Crippen molar-refractivity contribution < 1.29 is 14.3 Å². The molecule has 0 unspecified atom stereocenters. The topological polar surface area (TPSA) is 58.6 Å². The van der Waals surface area contributed by atoms with Crippen molar-refractivity contribution in [3.63, 3.8) is 0 Å². The summed E-state index contributed by atoms with van der Waals surface area (Å²) in [6.45, 7) is 3.82. The molecule has 0 fully saturated rings. The van der Waals surface area contributed by atoms with Crippen LogP contribution in [0.25, 0.3) is 0 Å². The molecule has 1 N–H and O–H groups in total. The Labute approximate surface area is 157 Å². The lowest BCUT2D eigenvalue weighted by Gasteiger charge is -2.18. The molecule has 136 valence electrons. The van der Waals surface area contributed by atoms with Gasteiger partial charge in [-0.3, -0.25) is 9.59 Å². The van der Waals surface area contributed by atoms with E-state index < -0.39 is 0 Å². The largest absolute Gasteiger partial charge is 0.382 e. The lowest BCUT2D eigenvalue weighted by atomic mass is 10.1. The molecule has 0 radical (unpaired) electrons. The highest BCUT2D eigenvalue weighted by Crippen LogP contribution is 2.41. The minimum atomic E-state index is -0.142. The number of benzene rings is 2. The van der Waals surface area contributed by atoms with Crippen LogP contribution in [0, 0.1) is 0 Å². The lowest BCUT2D eigenvalue weighted by molar-refractivity contribution is 0.0941. The van der Waals surface area contributed by atoms with Gasteiger partial charge in [0.05, 0.1) is 11.3 Å². The molecule has 5 nitrogen and oxygen atoms in total. The molecule has 3 rings (SSSR count). The third-order valence-electron chi connectivity index (χ3n) is 4.18. The maximum atomic E-state index is 12.8. The highest BCUT2D eigenvalue weighted by molar-refractivity contribution is 7.99. The summed E-state index contributed by atoms with van der Waals surface area (Å²) in [5, 5.41) is 2.89. The van der Waals surface area contributed by atoms with Crippen LogP contribution < -0.4 is 10.2 Å². The van der Waals surface area contributed by atoms with Gasteiger partial charge < -0.3 is 15.0 Å². The zero-order chi connectivity index (χ0) is 18.5. The SMILES string of the molecule is CCOCCCNC(=O)c1ccc2c(c1)N(C)C(=O)c1ccccc1S2. The number of hydrogen-bond donors (Lipinski definition) is 1. The third kappa shape index (κ3) is 3.92. The van der Waals surface area contributed by atoms with Gasteiger partial charge in [-0.15, -0.1) is 0 Å². The second-order valence-electron chi connectivity index (χ2n) is 5.95. The molecule has 1 aliphatic rings. The summed E-state index contributed by atoms with van der Waals surface area (Å²) in [5.74, 6) is -0.210. The Balaban J connectivity index is 1.78. The van der Waals surface area contributed by atoms with Crippen LogP contribution in [0.4, 0.5) is 5.69 Å². The molecule has 2 aromatic rings. The summed E-state index contributed by atoms with van der Waals surface area (Å²) >= 11 is 1.55. The zero-order valence-corrected chi connectivity index (χ0v) is 15.8. The number of fused-ring (bicyclic) bond motifs is 2. The van der Waals surface area contributed by atoms with Crippen molar-refractivity contribution in [2.75, 3.05) is 31.7 Å². The van der Waals surface area contributed by atoms with Crippen LogP contribution in [0.2, 0.25) is 0 Å². The number of nitrogens with zero attached hydrogens (tertiary/aromatic N) is 1. The molecule has 26 heavy (non-hydrogen) atoms. The van der Waals surface area contributed by atoms with Crippen LogP contribution in [0.5, 0.6) is 0 Å². The Morgan fingerprint density at radius 2 is 2.00 bits per heavy atom. The summed E-state index contributed by atoms with van der Waals surface area (Å²) in [6, 6.07) is 13.1. The second-order valence-corrected chi connectivity index (χ2v) is 7.04. The van der Waals surface area contributed by atoms with Crippen LogP contribution in [0.15, 0.2) is 52.3 Å². The smallest absolute Gasteiger partial charge is 0.259 e. The van der Waals surface area contributed by atoms with Crippen molar-refractivity contribution in [1.82, 2.24) is 5.32 Å². The number of rotatable bonds is 6. The van der Waals surface area contributed by atoms with E-state index in [9.17, 15) is 9.59 Å². The van der Waals surface area contributed by atoms with E-state index in [0.29, 0.717) is 30.9 Å². The third-order valence-corrected chi connectivity index (χ3v) is 5.32. The van der Waals surface area contributed by atoms with Crippen molar-refractivity contribution >= 4 is 29.3 Å². The van der Waals surface area contributed by atoms with Gasteiger partial charge >= 0.3 is 0 Å². The maximum absolute atomic E-state index is 12.8. The van der Waals surface area contributed by atoms with Gasteiger partial charge in [-0.25, -0.2) is 0 Å². The van der Waals surface area contributed by atoms with Crippen LogP contribution in [-0.2, 0) is 4.74 Å². The number of nitrogens with one attached hydrogen (secondary N) is 1. The molecule has 2 amide bonds. The van der Waals surface area contributed by atoms with E-state index in [-0.39, 0.29) is 11.8 Å². The summed E-state index contributed by atoms with van der Waals surface area (Å²) in [7, 11) is 1.74. The van der Waals surface area contributed by atoms with Crippen LogP contribution >= 0.6 is 11.8 Å². The first-order chi connectivity index (χ1) is 12.6. The van der Waals surface area contributed by atoms with E-state index in [0.717, 1.165) is 21.9 Å². The summed E-state index contributed by atoms with van der Waals surface area (Å²) in [4.78, 5) is 28.6. The van der Waals surface area contributed by atoms with Crippen molar-refractivity contribution in [1.29, 1.82) is 0 Å². The van der Waals surface area contributed by atoms with Gasteiger partial charge in [-0.05, 0) is 43.7 Å². The second kappa shape index (κ2) is 8.38. The minimum absolute atomic E-state index is 0.0684. The number of anilines is 1. The molecule has 2 aromatic carbocycles. The molecule has 0 saturated heterocycles. The number of hydrogen-bond acceptors (Lipinski definition) is 4. The first-order valence-electron chi connectivity index (χ1n) is 8.66. The van der Waals surface area contributed by atoms with E-state index in [1.807, 2.05) is 37.3 Å². The minimum Gasteiger partial charge on any atom is -0.382 e. The Hall–Kier alpha value is -2.31. The van der Waals surface area contributed by atoms with Crippen molar-refractivity contribution in [3.8, 4) is 0 Å². The fraction of sp³-hybridized carbons (Fsp3) is 0.300. The van der Waals surface area contributed by atoms with Crippen molar-refractivity contribution in [3.05, 3.63) is 53.6 Å². The van der Waals surface area contributed by atoms with Gasteiger partial charge in [-0.1, -0.05) is 23.9 Å². The number of ether oxygens (including phenoxy) is 1. The van der Waals surface area contributed by atoms with E-state index in [1.54, 1.807) is 35.8 Å². The normalized spacial score (nSPS) is 13.0. The average Bonchev–Trinajstić information content (AvgIpc) is 2.77. The van der Waals surface area contributed by atoms with Crippen molar-refractivity contribution in [2.45, 2.75) is 23.1 Å². The number of amides is 2. The molecular weight excluding hydrogens is 348 g/mol. The van der Waals surface area contributed by atoms with Gasteiger partial charge in [-0.2, -0.15) is 0 Å². The van der Waals surface area contributed by atoms with Crippen molar-refractivity contribution in [2.24, 2.45) is 0 Å².